The first-order valence-corrected chi connectivity index (χ1v) is 10.5. The zero-order chi connectivity index (χ0) is 22.2. The Balaban J connectivity index is 1.42. The predicted octanol–water partition coefficient (Wildman–Crippen LogP) is 3.25. The van der Waals surface area contributed by atoms with Gasteiger partial charge < -0.3 is 14.8 Å². The van der Waals surface area contributed by atoms with Gasteiger partial charge in [0.05, 0.1) is 11.4 Å². The van der Waals surface area contributed by atoms with Crippen molar-refractivity contribution in [3.63, 3.8) is 0 Å². The lowest BCUT2D eigenvalue weighted by Crippen LogP contribution is -2.60. The summed E-state index contributed by atoms with van der Waals surface area (Å²) in [5.74, 6) is -0.815. The van der Waals surface area contributed by atoms with E-state index in [1.54, 1.807) is 38.1 Å². The van der Waals surface area contributed by atoms with Gasteiger partial charge in [0, 0.05) is 0 Å². The number of hydrogen-bond acceptors (Lipinski definition) is 5. The summed E-state index contributed by atoms with van der Waals surface area (Å²) < 4.78 is 10.9. The molecule has 162 valence electrons. The van der Waals surface area contributed by atoms with Crippen molar-refractivity contribution in [1.29, 1.82) is 0 Å². The number of fused-ring (bicyclic) bond motifs is 2. The van der Waals surface area contributed by atoms with E-state index in [9.17, 15) is 14.4 Å². The van der Waals surface area contributed by atoms with Gasteiger partial charge in [-0.2, -0.15) is 0 Å². The highest BCUT2D eigenvalue weighted by Crippen LogP contribution is 2.37. The highest BCUT2D eigenvalue weighted by Gasteiger charge is 2.45. The molecule has 0 aromatic heterocycles. The number of para-hydroxylation sites is 2. The maximum atomic E-state index is 13.2. The van der Waals surface area contributed by atoms with Crippen LogP contribution in [0.4, 0.5) is 11.4 Å². The molecule has 0 fully saturated rings. The van der Waals surface area contributed by atoms with Gasteiger partial charge in [0.1, 0.15) is 11.3 Å². The standard InChI is InChI=1S/C24H26N2O5/c1-15(31-21(27)14-30-18-12-11-16-7-6-8-17(16)13-18)22(28)26-20-10-5-4-9-19(20)25-23(29)24(26,2)3/h4-5,9-13,15H,6-8,14H2,1-3H3,(H,25,29)/t15-/m1/s1. The number of anilines is 2. The average Bonchev–Trinajstić information content (AvgIpc) is 3.20. The van der Waals surface area contributed by atoms with E-state index < -0.39 is 23.5 Å². The van der Waals surface area contributed by atoms with E-state index in [-0.39, 0.29) is 12.5 Å². The van der Waals surface area contributed by atoms with Gasteiger partial charge >= 0.3 is 5.97 Å². The number of amides is 2. The fourth-order valence-corrected chi connectivity index (χ4v) is 4.09. The van der Waals surface area contributed by atoms with Crippen molar-refractivity contribution in [2.45, 2.75) is 51.7 Å². The second-order valence-corrected chi connectivity index (χ2v) is 8.41. The molecule has 1 atom stereocenters. The summed E-state index contributed by atoms with van der Waals surface area (Å²) in [5, 5.41) is 2.81. The lowest BCUT2D eigenvalue weighted by atomic mass is 9.95. The smallest absolute Gasteiger partial charge is 0.344 e. The summed E-state index contributed by atoms with van der Waals surface area (Å²) in [6, 6.07) is 12.9. The van der Waals surface area contributed by atoms with E-state index in [1.165, 1.54) is 23.0 Å². The van der Waals surface area contributed by atoms with Crippen LogP contribution in [0.1, 0.15) is 38.3 Å². The zero-order valence-corrected chi connectivity index (χ0v) is 17.9. The molecule has 2 aromatic rings. The third-order valence-corrected chi connectivity index (χ3v) is 5.81. The second kappa shape index (κ2) is 8.06. The van der Waals surface area contributed by atoms with Crippen LogP contribution in [0.3, 0.4) is 0 Å². The van der Waals surface area contributed by atoms with Crippen LogP contribution >= 0.6 is 0 Å². The van der Waals surface area contributed by atoms with E-state index in [2.05, 4.69) is 5.32 Å². The molecule has 31 heavy (non-hydrogen) atoms. The van der Waals surface area contributed by atoms with Gasteiger partial charge in [-0.1, -0.05) is 18.2 Å². The van der Waals surface area contributed by atoms with Crippen molar-refractivity contribution in [3.8, 4) is 5.75 Å². The van der Waals surface area contributed by atoms with Gasteiger partial charge in [0.25, 0.3) is 5.91 Å². The molecule has 1 N–H and O–H groups in total. The Labute approximate surface area is 181 Å². The minimum absolute atomic E-state index is 0.295. The number of hydrogen-bond donors (Lipinski definition) is 1. The van der Waals surface area contributed by atoms with Crippen molar-refractivity contribution in [1.82, 2.24) is 0 Å². The van der Waals surface area contributed by atoms with E-state index >= 15 is 0 Å². The molecular formula is C24H26N2O5. The number of benzene rings is 2. The first-order valence-electron chi connectivity index (χ1n) is 10.5. The predicted molar refractivity (Wildman–Crippen MR) is 116 cm³/mol. The Bertz CT molecular complexity index is 1050. The third kappa shape index (κ3) is 4.00. The monoisotopic (exact) mass is 422 g/mol. The number of ether oxygens (including phenoxy) is 2. The van der Waals surface area contributed by atoms with Crippen molar-refractivity contribution in [3.05, 3.63) is 53.6 Å². The van der Waals surface area contributed by atoms with E-state index in [0.29, 0.717) is 17.1 Å². The van der Waals surface area contributed by atoms with Crippen LogP contribution in [-0.2, 0) is 32.0 Å². The second-order valence-electron chi connectivity index (χ2n) is 8.41. The van der Waals surface area contributed by atoms with E-state index in [4.69, 9.17) is 9.47 Å². The summed E-state index contributed by atoms with van der Waals surface area (Å²) in [4.78, 5) is 39.4. The fraction of sp³-hybridized carbons (Fsp3) is 0.375. The molecule has 0 saturated carbocycles. The lowest BCUT2D eigenvalue weighted by molar-refractivity contribution is -0.156. The Morgan fingerprint density at radius 1 is 1.13 bits per heavy atom. The minimum atomic E-state index is -1.13. The van der Waals surface area contributed by atoms with Gasteiger partial charge in [0.15, 0.2) is 12.7 Å². The summed E-state index contributed by atoms with van der Waals surface area (Å²) in [5.41, 5.74) is 2.54. The molecule has 0 bridgehead atoms. The molecule has 7 heteroatoms. The Hall–Kier alpha value is -3.35. The van der Waals surface area contributed by atoms with Crippen LogP contribution in [0.25, 0.3) is 0 Å². The minimum Gasteiger partial charge on any atom is -0.482 e. The summed E-state index contributed by atoms with van der Waals surface area (Å²) in [7, 11) is 0. The van der Waals surface area contributed by atoms with Crippen molar-refractivity contribution >= 4 is 29.2 Å². The van der Waals surface area contributed by atoms with Crippen molar-refractivity contribution in [2.24, 2.45) is 0 Å². The number of rotatable bonds is 5. The highest BCUT2D eigenvalue weighted by atomic mass is 16.6. The number of nitrogens with one attached hydrogen (secondary N) is 1. The maximum Gasteiger partial charge on any atom is 0.344 e. The highest BCUT2D eigenvalue weighted by molar-refractivity contribution is 6.15. The molecular weight excluding hydrogens is 396 g/mol. The molecule has 0 spiro atoms. The normalized spacial score (nSPS) is 17.3. The first kappa shape index (κ1) is 20.9. The van der Waals surface area contributed by atoms with Gasteiger partial charge in [-0.05, 0) is 75.4 Å². The first-order chi connectivity index (χ1) is 14.8. The number of carbonyl (C=O) groups is 3. The molecule has 1 heterocycles. The third-order valence-electron chi connectivity index (χ3n) is 5.81. The largest absolute Gasteiger partial charge is 0.482 e. The molecule has 0 radical (unpaired) electrons. The average molecular weight is 422 g/mol. The quantitative estimate of drug-likeness (QED) is 0.748. The van der Waals surface area contributed by atoms with Crippen LogP contribution in [-0.4, -0.2) is 36.0 Å². The van der Waals surface area contributed by atoms with Crippen molar-refractivity contribution < 1.29 is 23.9 Å². The van der Waals surface area contributed by atoms with Gasteiger partial charge in [-0.3, -0.25) is 14.5 Å². The number of aryl methyl sites for hydroxylation is 2. The van der Waals surface area contributed by atoms with E-state index in [1.807, 2.05) is 18.2 Å². The fourth-order valence-electron chi connectivity index (χ4n) is 4.09. The van der Waals surface area contributed by atoms with Gasteiger partial charge in [-0.25, -0.2) is 4.79 Å². The Kier molecular flexibility index (Phi) is 5.43. The van der Waals surface area contributed by atoms with Crippen LogP contribution in [0, 0.1) is 0 Å². The summed E-state index contributed by atoms with van der Waals surface area (Å²) in [6.45, 7) is 4.51. The molecule has 7 nitrogen and oxygen atoms in total. The Morgan fingerprint density at radius 3 is 2.68 bits per heavy atom. The van der Waals surface area contributed by atoms with Gasteiger partial charge in [-0.15, -0.1) is 0 Å². The topological polar surface area (TPSA) is 84.9 Å². The van der Waals surface area contributed by atoms with Crippen LogP contribution in [0.2, 0.25) is 0 Å². The van der Waals surface area contributed by atoms with Crippen LogP contribution in [0.15, 0.2) is 42.5 Å². The lowest BCUT2D eigenvalue weighted by Gasteiger charge is -2.42. The van der Waals surface area contributed by atoms with Crippen molar-refractivity contribution in [2.75, 3.05) is 16.8 Å². The molecule has 4 rings (SSSR count). The SMILES string of the molecule is C[C@@H](OC(=O)COc1ccc2c(c1)CCC2)C(=O)N1c2ccccc2NC(=O)C1(C)C. The Morgan fingerprint density at radius 2 is 1.87 bits per heavy atom. The summed E-state index contributed by atoms with van der Waals surface area (Å²) >= 11 is 0. The number of nitrogens with zero attached hydrogens (tertiary/aromatic N) is 1. The number of esters is 1. The van der Waals surface area contributed by atoms with Crippen LogP contribution < -0.4 is 15.0 Å². The number of carbonyl (C=O) groups excluding carboxylic acids is 3. The maximum absolute atomic E-state index is 13.2. The molecule has 2 aromatic carbocycles. The van der Waals surface area contributed by atoms with E-state index in [0.717, 1.165) is 19.3 Å². The molecule has 2 aliphatic rings. The van der Waals surface area contributed by atoms with Crippen LogP contribution in [0.5, 0.6) is 5.75 Å². The molecule has 2 amide bonds. The van der Waals surface area contributed by atoms with Gasteiger partial charge in [0.2, 0.25) is 5.91 Å². The zero-order valence-electron chi connectivity index (χ0n) is 17.9. The molecule has 1 aliphatic carbocycles. The summed E-state index contributed by atoms with van der Waals surface area (Å²) in [6.07, 6.45) is 2.15. The molecule has 1 aliphatic heterocycles. The molecule has 0 unspecified atom stereocenters. The molecule has 0 saturated heterocycles.